The predicted molar refractivity (Wildman–Crippen MR) is 141 cm³/mol. The third kappa shape index (κ3) is 9.26. The monoisotopic (exact) mass is 447 g/mol. The van der Waals surface area contributed by atoms with Gasteiger partial charge in [0.2, 0.25) is 0 Å². The third-order valence-corrected chi connectivity index (χ3v) is 6.64. The molecule has 0 bridgehead atoms. The van der Waals surface area contributed by atoms with Gasteiger partial charge in [0.25, 0.3) is 0 Å². The van der Waals surface area contributed by atoms with Crippen LogP contribution in [-0.4, -0.2) is 15.5 Å². The van der Waals surface area contributed by atoms with Crippen molar-refractivity contribution in [3.63, 3.8) is 0 Å². The van der Waals surface area contributed by atoms with E-state index >= 15 is 0 Å². The molecule has 1 aromatic carbocycles. The number of aromatic nitrogens is 1. The van der Waals surface area contributed by atoms with E-state index < -0.39 is 0 Å². The molecular formula is C30H45N3. The van der Waals surface area contributed by atoms with Crippen LogP contribution in [0.2, 0.25) is 0 Å². The zero-order chi connectivity index (χ0) is 23.7. The molecule has 3 nitrogen and oxygen atoms in total. The molecule has 0 saturated heterocycles. The van der Waals surface area contributed by atoms with Crippen molar-refractivity contribution in [3.05, 3.63) is 70.0 Å². The summed E-state index contributed by atoms with van der Waals surface area (Å²) in [5.41, 5.74) is 17.1. The highest BCUT2D eigenvalue weighted by Crippen LogP contribution is 2.26. The highest BCUT2D eigenvalue weighted by atomic mass is 14.9. The van der Waals surface area contributed by atoms with E-state index in [-0.39, 0.29) is 0 Å². The van der Waals surface area contributed by atoms with Gasteiger partial charge in [-0.25, -0.2) is 0 Å². The number of hydrogen-bond donors (Lipinski definition) is 0. The summed E-state index contributed by atoms with van der Waals surface area (Å²) >= 11 is 0. The van der Waals surface area contributed by atoms with Gasteiger partial charge < -0.3 is 5.53 Å². The minimum Gasteiger partial charge on any atom is -0.361 e. The second kappa shape index (κ2) is 16.4. The Bertz CT molecular complexity index is 817. The first kappa shape index (κ1) is 27.0. The van der Waals surface area contributed by atoms with Crippen LogP contribution in [0.25, 0.3) is 5.53 Å². The molecule has 0 radical (unpaired) electrons. The second-order valence-corrected chi connectivity index (χ2v) is 9.39. The van der Waals surface area contributed by atoms with Crippen molar-refractivity contribution in [2.24, 2.45) is 0 Å². The summed E-state index contributed by atoms with van der Waals surface area (Å²) in [6.45, 7) is 6.82. The van der Waals surface area contributed by atoms with Crippen LogP contribution in [0, 0.1) is 0 Å². The fraction of sp³-hybridized carbons (Fsp3) is 0.600. The Morgan fingerprint density at radius 2 is 1.15 bits per heavy atom. The summed E-state index contributed by atoms with van der Waals surface area (Å²) in [5, 5.41) is 0. The standard InChI is InChI=1S/C30H45N3/c1-4-7-10-13-16-26-23-28(30(33-31)25-19-21-32-22-20-25)24-27(17-14-11-8-5-2)29(26)18-15-12-9-6-3/h19-24H,4-18H2,1-3H3. The Balaban J connectivity index is 2.42. The minimum atomic E-state index is 0.652. The highest BCUT2D eigenvalue weighted by molar-refractivity contribution is 6.09. The maximum Gasteiger partial charge on any atom is 0.329 e. The summed E-state index contributed by atoms with van der Waals surface area (Å²) in [6, 6.07) is 8.48. The minimum absolute atomic E-state index is 0.652. The topological polar surface area (TPSA) is 49.3 Å². The molecule has 1 heterocycles. The van der Waals surface area contributed by atoms with Crippen molar-refractivity contribution in [1.29, 1.82) is 0 Å². The van der Waals surface area contributed by atoms with Crippen LogP contribution >= 0.6 is 0 Å². The molecule has 2 rings (SSSR count). The first-order chi connectivity index (χ1) is 16.2. The molecule has 0 atom stereocenters. The van der Waals surface area contributed by atoms with Gasteiger partial charge >= 0.3 is 5.71 Å². The van der Waals surface area contributed by atoms with Gasteiger partial charge in [0.05, 0.1) is 11.1 Å². The SMILES string of the molecule is CCCCCCc1cc(C(=[N+]=[N-])c2ccncc2)cc(CCCCCC)c1CCCCCC. The number of nitrogens with zero attached hydrogens (tertiary/aromatic N) is 3. The molecule has 0 spiro atoms. The normalized spacial score (nSPS) is 10.9. The first-order valence-electron chi connectivity index (χ1n) is 13.5. The molecule has 0 aliphatic rings. The summed E-state index contributed by atoms with van der Waals surface area (Å²) in [4.78, 5) is 7.87. The second-order valence-electron chi connectivity index (χ2n) is 9.39. The highest BCUT2D eigenvalue weighted by Gasteiger charge is 2.20. The predicted octanol–water partition coefficient (Wildman–Crippen LogP) is 8.52. The Morgan fingerprint density at radius 1 is 0.667 bits per heavy atom. The van der Waals surface area contributed by atoms with Gasteiger partial charge in [0, 0.05) is 12.4 Å². The van der Waals surface area contributed by atoms with Gasteiger partial charge in [-0.2, -0.15) is 4.79 Å². The number of unbranched alkanes of at least 4 members (excludes halogenated alkanes) is 9. The van der Waals surface area contributed by atoms with E-state index in [0.717, 1.165) is 24.0 Å². The molecule has 3 heteroatoms. The summed E-state index contributed by atoms with van der Waals surface area (Å²) in [6.07, 6.45) is 22.3. The smallest absolute Gasteiger partial charge is 0.329 e. The Labute approximate surface area is 202 Å². The molecule has 2 aromatic rings. The number of pyridine rings is 1. The van der Waals surface area contributed by atoms with Crippen LogP contribution in [0.4, 0.5) is 0 Å². The van der Waals surface area contributed by atoms with Crippen LogP contribution in [0.3, 0.4) is 0 Å². The fourth-order valence-electron chi connectivity index (χ4n) is 4.71. The van der Waals surface area contributed by atoms with Gasteiger partial charge in [-0.3, -0.25) is 4.98 Å². The van der Waals surface area contributed by atoms with E-state index in [0.29, 0.717) is 5.71 Å². The van der Waals surface area contributed by atoms with Crippen LogP contribution in [0.15, 0.2) is 36.7 Å². The molecule has 0 N–H and O–H groups in total. The van der Waals surface area contributed by atoms with E-state index in [2.05, 4.69) is 42.7 Å². The van der Waals surface area contributed by atoms with Gasteiger partial charge in [-0.15, -0.1) is 0 Å². The van der Waals surface area contributed by atoms with Crippen molar-refractivity contribution in [2.75, 3.05) is 0 Å². The number of benzene rings is 1. The average Bonchev–Trinajstić information content (AvgIpc) is 2.84. The lowest BCUT2D eigenvalue weighted by Crippen LogP contribution is -2.10. The number of aryl methyl sites for hydroxylation is 2. The maximum absolute atomic E-state index is 9.94. The van der Waals surface area contributed by atoms with Gasteiger partial charge in [0.1, 0.15) is 0 Å². The zero-order valence-electron chi connectivity index (χ0n) is 21.4. The van der Waals surface area contributed by atoms with Crippen LogP contribution < -0.4 is 0 Å². The van der Waals surface area contributed by atoms with Crippen molar-refractivity contribution in [2.45, 2.75) is 117 Å². The van der Waals surface area contributed by atoms with Crippen LogP contribution in [-0.2, 0) is 19.3 Å². The summed E-state index contributed by atoms with van der Waals surface area (Å²) in [7, 11) is 0. The van der Waals surface area contributed by atoms with E-state index in [9.17, 15) is 5.53 Å². The largest absolute Gasteiger partial charge is 0.361 e. The Kier molecular flexibility index (Phi) is 13.4. The summed E-state index contributed by atoms with van der Waals surface area (Å²) < 4.78 is 0. The van der Waals surface area contributed by atoms with Crippen molar-refractivity contribution in [1.82, 2.24) is 4.98 Å². The third-order valence-electron chi connectivity index (χ3n) is 6.64. The van der Waals surface area contributed by atoms with E-state index in [4.69, 9.17) is 0 Å². The van der Waals surface area contributed by atoms with Crippen LogP contribution in [0.5, 0.6) is 0 Å². The van der Waals surface area contributed by atoms with Gasteiger partial charge in [-0.05, 0) is 79.5 Å². The number of hydrogen-bond acceptors (Lipinski definition) is 1. The van der Waals surface area contributed by atoms with Crippen molar-refractivity contribution < 1.29 is 4.79 Å². The van der Waals surface area contributed by atoms with E-state index in [1.807, 2.05) is 12.1 Å². The van der Waals surface area contributed by atoms with Crippen molar-refractivity contribution >= 4 is 5.71 Å². The fourth-order valence-corrected chi connectivity index (χ4v) is 4.71. The Hall–Kier alpha value is -2.25. The maximum atomic E-state index is 9.94. The molecule has 0 fully saturated rings. The Morgan fingerprint density at radius 3 is 1.61 bits per heavy atom. The molecule has 0 aliphatic heterocycles. The van der Waals surface area contributed by atoms with Gasteiger partial charge in [-0.1, -0.05) is 78.6 Å². The van der Waals surface area contributed by atoms with E-state index in [1.165, 1.54) is 94.6 Å². The lowest BCUT2D eigenvalue weighted by molar-refractivity contribution is -0.00281. The molecule has 0 aliphatic carbocycles. The first-order valence-corrected chi connectivity index (χ1v) is 13.5. The molecule has 0 saturated carbocycles. The number of rotatable bonds is 17. The van der Waals surface area contributed by atoms with Crippen molar-refractivity contribution in [3.8, 4) is 0 Å². The van der Waals surface area contributed by atoms with Crippen LogP contribution in [0.1, 0.15) is 126 Å². The zero-order valence-corrected chi connectivity index (χ0v) is 21.4. The molecule has 0 unspecified atom stereocenters. The molecule has 1 aromatic heterocycles. The molecule has 33 heavy (non-hydrogen) atoms. The molecule has 0 amide bonds. The summed E-state index contributed by atoms with van der Waals surface area (Å²) in [5.74, 6) is 0. The lowest BCUT2D eigenvalue weighted by atomic mass is 9.86. The molecule has 180 valence electrons. The quantitative estimate of drug-likeness (QED) is 0.104. The average molecular weight is 448 g/mol. The van der Waals surface area contributed by atoms with E-state index in [1.54, 1.807) is 18.0 Å². The lowest BCUT2D eigenvalue weighted by Gasteiger charge is -2.17. The molecular weight excluding hydrogens is 402 g/mol. The van der Waals surface area contributed by atoms with Gasteiger partial charge in [0.15, 0.2) is 0 Å².